The van der Waals surface area contributed by atoms with Gasteiger partial charge >= 0.3 is 19.8 Å². The quantitative estimate of drug-likeness (QED) is 0.0327. The van der Waals surface area contributed by atoms with Crippen LogP contribution in [0.3, 0.4) is 0 Å². The van der Waals surface area contributed by atoms with Crippen LogP contribution in [0.25, 0.3) is 11.2 Å². The highest BCUT2D eigenvalue weighted by Crippen LogP contribution is 2.46. The zero-order valence-electron chi connectivity index (χ0n) is 37.9. The first-order chi connectivity index (χ1) is 29.6. The number of ether oxygens (including phenoxy) is 3. The van der Waals surface area contributed by atoms with Crippen molar-refractivity contribution in [2.75, 3.05) is 12.3 Å². The fourth-order valence-corrected chi connectivity index (χ4v) is 8.82. The summed E-state index contributed by atoms with van der Waals surface area (Å²) in [4.78, 5) is 58.5. The number of imidazole rings is 1. The minimum absolute atomic E-state index is 0.102. The number of phosphoric ester groups is 1. The SMILES string of the molecule is CCCCCCCCCCCCCCCCCC(=O)OC[C@H]1O[C@@H](n2cnc3c(N)ncnc32)[C@H](OP(=O)(O)O)[C@@H]1OC(=O)CCCCCCCCCCCCCCCCC. The number of esters is 2. The molecule has 4 N–H and O–H groups in total. The second-order valence-corrected chi connectivity index (χ2v) is 18.4. The van der Waals surface area contributed by atoms with Crippen molar-refractivity contribution in [3.63, 3.8) is 0 Å². The van der Waals surface area contributed by atoms with Crippen molar-refractivity contribution in [1.82, 2.24) is 19.5 Å². The molecule has 0 saturated carbocycles. The third kappa shape index (κ3) is 22.5. The monoisotopic (exact) mass is 880 g/mol. The molecule has 0 aliphatic carbocycles. The van der Waals surface area contributed by atoms with E-state index in [0.717, 1.165) is 38.5 Å². The van der Waals surface area contributed by atoms with Crippen LogP contribution in [0.1, 0.15) is 226 Å². The molecule has 4 atom stereocenters. The summed E-state index contributed by atoms with van der Waals surface area (Å²) in [6.07, 6.45) is 34.1. The Morgan fingerprint density at radius 3 is 1.51 bits per heavy atom. The maximum atomic E-state index is 13.3. The van der Waals surface area contributed by atoms with Gasteiger partial charge in [-0.2, -0.15) is 0 Å². The predicted molar refractivity (Wildman–Crippen MR) is 240 cm³/mol. The van der Waals surface area contributed by atoms with Gasteiger partial charge in [-0.25, -0.2) is 19.5 Å². The van der Waals surface area contributed by atoms with Crippen LogP contribution in [0.5, 0.6) is 0 Å². The first-order valence-electron chi connectivity index (χ1n) is 24.3. The van der Waals surface area contributed by atoms with E-state index in [9.17, 15) is 23.9 Å². The molecule has 0 amide bonds. The van der Waals surface area contributed by atoms with Crippen LogP contribution in [0.2, 0.25) is 0 Å². The van der Waals surface area contributed by atoms with Crippen molar-refractivity contribution < 1.29 is 42.7 Å². The molecule has 350 valence electrons. The van der Waals surface area contributed by atoms with Crippen molar-refractivity contribution in [3.05, 3.63) is 12.7 Å². The smallest absolute Gasteiger partial charge is 0.463 e. The molecule has 3 rings (SSSR count). The van der Waals surface area contributed by atoms with Crippen molar-refractivity contribution in [1.29, 1.82) is 0 Å². The Balaban J connectivity index is 1.44. The lowest BCUT2D eigenvalue weighted by Gasteiger charge is -2.25. The van der Waals surface area contributed by atoms with Crippen molar-refractivity contribution >= 4 is 36.7 Å². The summed E-state index contributed by atoms with van der Waals surface area (Å²) >= 11 is 0. The molecule has 0 unspecified atom stereocenters. The number of anilines is 1. The summed E-state index contributed by atoms with van der Waals surface area (Å²) in [5.41, 5.74) is 6.48. The third-order valence-corrected chi connectivity index (χ3v) is 12.4. The van der Waals surface area contributed by atoms with Crippen LogP contribution >= 0.6 is 7.82 Å². The van der Waals surface area contributed by atoms with Crippen LogP contribution in [0.4, 0.5) is 5.82 Å². The number of rotatable bonds is 38. The molecular formula is C46H82N5O9P. The second kappa shape index (κ2) is 32.1. The number of nitrogens with two attached hydrogens (primary N) is 1. The van der Waals surface area contributed by atoms with Gasteiger partial charge in [0.1, 0.15) is 24.6 Å². The molecule has 1 saturated heterocycles. The van der Waals surface area contributed by atoms with Crippen molar-refractivity contribution in [2.45, 2.75) is 244 Å². The van der Waals surface area contributed by atoms with Gasteiger partial charge in [0.25, 0.3) is 0 Å². The van der Waals surface area contributed by atoms with E-state index in [4.69, 9.17) is 24.5 Å². The summed E-state index contributed by atoms with van der Waals surface area (Å²) in [5.74, 6) is -0.880. The van der Waals surface area contributed by atoms with Gasteiger partial charge in [0.15, 0.2) is 29.9 Å². The summed E-state index contributed by atoms with van der Waals surface area (Å²) in [5, 5.41) is 0. The van der Waals surface area contributed by atoms with Crippen molar-refractivity contribution in [3.8, 4) is 0 Å². The standard InChI is InChI=1S/C46H82N5O9P/c1-3-5-7-9-11-13-15-17-19-21-23-25-27-29-31-33-39(52)57-35-38-42(59-40(53)34-32-30-28-26-24-22-20-18-16-14-12-10-8-6-4-2)43(60-61(54,55)56)46(58-38)51-37-50-41-44(47)48-36-49-45(41)51/h36-38,42-43,46H,3-35H2,1-2H3,(H2,47,48,49)(H2,54,55,56)/t38-,42-,43-,46-/m1/s1. The molecule has 3 heterocycles. The number of hydrogen-bond donors (Lipinski definition) is 3. The summed E-state index contributed by atoms with van der Waals surface area (Å²) in [6.45, 7) is 4.19. The Morgan fingerprint density at radius 2 is 1.07 bits per heavy atom. The maximum absolute atomic E-state index is 13.3. The van der Waals surface area contributed by atoms with E-state index in [1.807, 2.05) is 0 Å². The Bertz CT molecular complexity index is 1510. The minimum Gasteiger partial charge on any atom is -0.463 e. The fraction of sp³-hybridized carbons (Fsp3) is 0.848. The van der Waals surface area contributed by atoms with Crippen LogP contribution in [0, 0.1) is 0 Å². The van der Waals surface area contributed by atoms with E-state index in [1.165, 1.54) is 158 Å². The van der Waals surface area contributed by atoms with E-state index >= 15 is 0 Å². The maximum Gasteiger partial charge on any atom is 0.470 e. The lowest BCUT2D eigenvalue weighted by atomic mass is 10.0. The van der Waals surface area contributed by atoms with E-state index in [-0.39, 0.29) is 36.4 Å². The van der Waals surface area contributed by atoms with Gasteiger partial charge in [-0.15, -0.1) is 0 Å². The first kappa shape index (κ1) is 52.7. The van der Waals surface area contributed by atoms with Crippen LogP contribution in [0.15, 0.2) is 12.7 Å². The topological polar surface area (TPSA) is 198 Å². The zero-order chi connectivity index (χ0) is 44.0. The number of nitrogen functional groups attached to an aromatic ring is 1. The molecule has 2 aromatic heterocycles. The molecule has 1 aliphatic rings. The largest absolute Gasteiger partial charge is 0.470 e. The van der Waals surface area contributed by atoms with Gasteiger partial charge in [0, 0.05) is 12.8 Å². The first-order valence-corrected chi connectivity index (χ1v) is 25.8. The Hall–Kier alpha value is -2.64. The molecule has 0 aromatic carbocycles. The van der Waals surface area contributed by atoms with Gasteiger partial charge in [-0.1, -0.05) is 194 Å². The zero-order valence-corrected chi connectivity index (χ0v) is 38.8. The third-order valence-electron chi connectivity index (χ3n) is 11.9. The van der Waals surface area contributed by atoms with E-state index < -0.39 is 44.3 Å². The molecule has 0 radical (unpaired) electrons. The number of phosphoric acid groups is 1. The summed E-state index contributed by atoms with van der Waals surface area (Å²) < 4.78 is 36.7. The molecule has 15 heteroatoms. The van der Waals surface area contributed by atoms with E-state index in [0.29, 0.717) is 12.8 Å². The number of fused-ring (bicyclic) bond motifs is 1. The minimum atomic E-state index is -5.13. The fourth-order valence-electron chi connectivity index (χ4n) is 8.27. The van der Waals surface area contributed by atoms with Crippen LogP contribution in [-0.4, -0.2) is 66.2 Å². The lowest BCUT2D eigenvalue weighted by molar-refractivity contribution is -0.160. The normalized spacial score (nSPS) is 18.0. The molecule has 1 fully saturated rings. The number of unbranched alkanes of at least 4 members (excludes halogenated alkanes) is 28. The Labute approximate surface area is 366 Å². The lowest BCUT2D eigenvalue weighted by Crippen LogP contribution is -2.40. The summed E-state index contributed by atoms with van der Waals surface area (Å²) in [6, 6.07) is 0. The second-order valence-electron chi connectivity index (χ2n) is 17.2. The Kier molecular flexibility index (Phi) is 27.7. The van der Waals surface area contributed by atoms with Crippen LogP contribution in [-0.2, 0) is 32.9 Å². The summed E-state index contributed by atoms with van der Waals surface area (Å²) in [7, 11) is -5.13. The Morgan fingerprint density at radius 1 is 0.639 bits per heavy atom. The molecule has 14 nitrogen and oxygen atoms in total. The molecule has 0 bridgehead atoms. The highest BCUT2D eigenvalue weighted by atomic mass is 31.2. The number of nitrogens with zero attached hydrogens (tertiary/aromatic N) is 4. The van der Waals surface area contributed by atoms with Gasteiger partial charge in [-0.3, -0.25) is 18.7 Å². The van der Waals surface area contributed by atoms with E-state index in [2.05, 4.69) is 28.8 Å². The van der Waals surface area contributed by atoms with Gasteiger partial charge < -0.3 is 29.7 Å². The molecule has 2 aromatic rings. The number of carbonyl (C=O) groups is 2. The van der Waals surface area contributed by atoms with Gasteiger partial charge in [-0.05, 0) is 12.8 Å². The van der Waals surface area contributed by atoms with Crippen LogP contribution < -0.4 is 5.73 Å². The van der Waals surface area contributed by atoms with Crippen molar-refractivity contribution in [2.24, 2.45) is 0 Å². The number of hydrogen-bond acceptors (Lipinski definition) is 11. The van der Waals surface area contributed by atoms with E-state index in [1.54, 1.807) is 0 Å². The average molecular weight is 880 g/mol. The molecular weight excluding hydrogens is 798 g/mol. The highest BCUT2D eigenvalue weighted by molar-refractivity contribution is 7.46. The molecule has 1 aliphatic heterocycles. The highest BCUT2D eigenvalue weighted by Gasteiger charge is 2.52. The molecule has 0 spiro atoms. The predicted octanol–water partition coefficient (Wildman–Crippen LogP) is 11.8. The average Bonchev–Trinajstić information content (AvgIpc) is 3.80. The van der Waals surface area contributed by atoms with Gasteiger partial charge in [0.05, 0.1) is 6.33 Å². The van der Waals surface area contributed by atoms with Gasteiger partial charge in [0.2, 0.25) is 0 Å². The number of carbonyl (C=O) groups excluding carboxylic acids is 2. The number of aromatic nitrogens is 4. The molecule has 61 heavy (non-hydrogen) atoms.